The molecule has 8 nitrogen and oxygen atoms in total. The van der Waals surface area contributed by atoms with Crippen molar-refractivity contribution in [3.8, 4) is 0 Å². The summed E-state index contributed by atoms with van der Waals surface area (Å²) in [4.78, 5) is 38.9. The highest BCUT2D eigenvalue weighted by Gasteiger charge is 2.25. The Balaban J connectivity index is 1.59. The maximum absolute atomic E-state index is 11.8. The van der Waals surface area contributed by atoms with Gasteiger partial charge in [-0.05, 0) is 12.8 Å². The fourth-order valence-corrected chi connectivity index (χ4v) is 2.39. The zero-order valence-electron chi connectivity index (χ0n) is 13.3. The largest absolute Gasteiger partial charge is 0.352 e. The molecule has 0 radical (unpaired) electrons. The molecule has 2 aliphatic rings. The van der Waals surface area contributed by atoms with Crippen LogP contribution in [0.2, 0.25) is 0 Å². The van der Waals surface area contributed by atoms with E-state index in [1.54, 1.807) is 6.08 Å². The van der Waals surface area contributed by atoms with Crippen LogP contribution < -0.4 is 16.0 Å². The molecule has 1 aliphatic heterocycles. The van der Waals surface area contributed by atoms with Crippen LogP contribution in [0.5, 0.6) is 0 Å². The first kappa shape index (κ1) is 17.4. The van der Waals surface area contributed by atoms with Gasteiger partial charge in [0.15, 0.2) is 0 Å². The molecular weight excluding hydrogens is 298 g/mol. The number of imide groups is 1. The molecule has 0 atom stereocenters. The van der Waals surface area contributed by atoms with Gasteiger partial charge in [-0.25, -0.2) is 4.79 Å². The summed E-state index contributed by atoms with van der Waals surface area (Å²) in [5, 5.41) is 7.74. The monoisotopic (exact) mass is 323 g/mol. The number of nitrogens with one attached hydrogen (secondary N) is 3. The average Bonchev–Trinajstić information content (AvgIpc) is 3.31. The van der Waals surface area contributed by atoms with E-state index in [0.717, 1.165) is 25.9 Å². The summed E-state index contributed by atoms with van der Waals surface area (Å²) in [7, 11) is 0. The molecule has 4 amide bonds. The fourth-order valence-electron chi connectivity index (χ4n) is 2.39. The Morgan fingerprint density at radius 2 is 1.57 bits per heavy atom. The van der Waals surface area contributed by atoms with Crippen LogP contribution in [-0.4, -0.2) is 79.5 Å². The predicted molar refractivity (Wildman–Crippen MR) is 85.8 cm³/mol. The Morgan fingerprint density at radius 3 is 2.09 bits per heavy atom. The minimum Gasteiger partial charge on any atom is -0.352 e. The van der Waals surface area contributed by atoms with Gasteiger partial charge in [0.1, 0.15) is 0 Å². The molecule has 2 rings (SSSR count). The van der Waals surface area contributed by atoms with E-state index in [1.807, 2.05) is 4.90 Å². The second kappa shape index (κ2) is 8.64. The topological polar surface area (TPSA) is 93.8 Å². The van der Waals surface area contributed by atoms with Gasteiger partial charge in [0.2, 0.25) is 11.8 Å². The highest BCUT2D eigenvalue weighted by Crippen LogP contribution is 2.18. The molecule has 23 heavy (non-hydrogen) atoms. The summed E-state index contributed by atoms with van der Waals surface area (Å²) in [6.07, 6.45) is 3.73. The molecule has 1 saturated heterocycles. The van der Waals surface area contributed by atoms with Crippen molar-refractivity contribution in [2.24, 2.45) is 0 Å². The minimum absolute atomic E-state index is 0.0811. The minimum atomic E-state index is -0.509. The van der Waals surface area contributed by atoms with E-state index in [-0.39, 0.29) is 18.4 Å². The van der Waals surface area contributed by atoms with Gasteiger partial charge in [0.05, 0.1) is 13.1 Å². The quantitative estimate of drug-likeness (QED) is 0.517. The van der Waals surface area contributed by atoms with Crippen LogP contribution in [0.4, 0.5) is 4.79 Å². The van der Waals surface area contributed by atoms with E-state index in [2.05, 4.69) is 27.4 Å². The average molecular weight is 323 g/mol. The van der Waals surface area contributed by atoms with E-state index in [4.69, 9.17) is 0 Å². The van der Waals surface area contributed by atoms with Crippen molar-refractivity contribution in [1.82, 2.24) is 25.8 Å². The van der Waals surface area contributed by atoms with Crippen molar-refractivity contribution in [2.75, 3.05) is 45.8 Å². The molecule has 2 fully saturated rings. The SMILES string of the molecule is C=CCNC(=O)NC(=O)CN1CCN(CC(=O)NC2CC2)CC1. The van der Waals surface area contributed by atoms with E-state index in [1.165, 1.54) is 0 Å². The number of carbonyl (C=O) groups is 3. The normalized spacial score (nSPS) is 19.0. The molecular formula is C15H25N5O3. The maximum atomic E-state index is 11.8. The third kappa shape index (κ3) is 6.79. The van der Waals surface area contributed by atoms with Gasteiger partial charge in [-0.2, -0.15) is 0 Å². The number of rotatable bonds is 7. The summed E-state index contributed by atoms with van der Waals surface area (Å²) < 4.78 is 0. The first-order valence-corrected chi connectivity index (χ1v) is 7.99. The third-order valence-corrected chi connectivity index (χ3v) is 3.80. The van der Waals surface area contributed by atoms with Crippen molar-refractivity contribution in [3.63, 3.8) is 0 Å². The van der Waals surface area contributed by atoms with Gasteiger partial charge < -0.3 is 10.6 Å². The molecule has 1 aliphatic carbocycles. The Morgan fingerprint density at radius 1 is 1.00 bits per heavy atom. The molecule has 0 aromatic carbocycles. The van der Waals surface area contributed by atoms with Crippen LogP contribution in [0.15, 0.2) is 12.7 Å². The predicted octanol–water partition coefficient (Wildman–Crippen LogP) is -1.11. The van der Waals surface area contributed by atoms with Gasteiger partial charge in [0.25, 0.3) is 0 Å². The van der Waals surface area contributed by atoms with Crippen molar-refractivity contribution in [2.45, 2.75) is 18.9 Å². The van der Waals surface area contributed by atoms with Crippen LogP contribution in [0.1, 0.15) is 12.8 Å². The molecule has 1 saturated carbocycles. The number of hydrogen-bond acceptors (Lipinski definition) is 5. The lowest BCUT2D eigenvalue weighted by atomic mass is 10.3. The highest BCUT2D eigenvalue weighted by molar-refractivity contribution is 5.95. The first-order chi connectivity index (χ1) is 11.1. The van der Waals surface area contributed by atoms with Crippen molar-refractivity contribution in [1.29, 1.82) is 0 Å². The second-order valence-corrected chi connectivity index (χ2v) is 5.94. The maximum Gasteiger partial charge on any atom is 0.321 e. The second-order valence-electron chi connectivity index (χ2n) is 5.94. The van der Waals surface area contributed by atoms with Gasteiger partial charge in [-0.15, -0.1) is 6.58 Å². The lowest BCUT2D eigenvalue weighted by Gasteiger charge is -2.33. The van der Waals surface area contributed by atoms with Crippen molar-refractivity contribution in [3.05, 3.63) is 12.7 Å². The fraction of sp³-hybridized carbons (Fsp3) is 0.667. The smallest absolute Gasteiger partial charge is 0.321 e. The van der Waals surface area contributed by atoms with Gasteiger partial charge in [-0.1, -0.05) is 6.08 Å². The van der Waals surface area contributed by atoms with E-state index in [9.17, 15) is 14.4 Å². The Hall–Kier alpha value is -1.93. The molecule has 128 valence electrons. The van der Waals surface area contributed by atoms with E-state index in [0.29, 0.717) is 32.2 Å². The van der Waals surface area contributed by atoms with Gasteiger partial charge >= 0.3 is 6.03 Å². The van der Waals surface area contributed by atoms with Crippen LogP contribution >= 0.6 is 0 Å². The number of hydrogen-bond donors (Lipinski definition) is 3. The lowest BCUT2D eigenvalue weighted by molar-refractivity contribution is -0.124. The first-order valence-electron chi connectivity index (χ1n) is 7.99. The number of nitrogens with zero attached hydrogens (tertiary/aromatic N) is 2. The third-order valence-electron chi connectivity index (χ3n) is 3.80. The Kier molecular flexibility index (Phi) is 6.54. The lowest BCUT2D eigenvalue weighted by Crippen LogP contribution is -2.52. The number of urea groups is 1. The summed E-state index contributed by atoms with van der Waals surface area (Å²) >= 11 is 0. The van der Waals surface area contributed by atoms with E-state index >= 15 is 0 Å². The molecule has 0 aromatic heterocycles. The molecule has 1 heterocycles. The highest BCUT2D eigenvalue weighted by atomic mass is 16.2. The molecule has 3 N–H and O–H groups in total. The molecule has 0 spiro atoms. The Labute approximate surface area is 136 Å². The standard InChI is InChI=1S/C15H25N5O3/c1-2-5-16-15(23)18-14(22)11-20-8-6-19(7-9-20)10-13(21)17-12-3-4-12/h2,12H,1,3-11H2,(H,17,21)(H2,16,18,22,23). The zero-order valence-corrected chi connectivity index (χ0v) is 13.3. The Bertz CT molecular complexity index is 456. The van der Waals surface area contributed by atoms with Gasteiger partial charge in [0, 0.05) is 38.8 Å². The van der Waals surface area contributed by atoms with Crippen molar-refractivity contribution < 1.29 is 14.4 Å². The molecule has 0 aromatic rings. The molecule has 8 heteroatoms. The van der Waals surface area contributed by atoms with Gasteiger partial charge in [-0.3, -0.25) is 24.7 Å². The molecule has 0 unspecified atom stereocenters. The summed E-state index contributed by atoms with van der Waals surface area (Å²) in [5.74, 6) is -0.246. The summed E-state index contributed by atoms with van der Waals surface area (Å²) in [6.45, 7) is 7.31. The van der Waals surface area contributed by atoms with Crippen LogP contribution in [0, 0.1) is 0 Å². The molecule has 0 bridgehead atoms. The number of amides is 4. The number of piperazine rings is 1. The van der Waals surface area contributed by atoms with Crippen LogP contribution in [-0.2, 0) is 9.59 Å². The van der Waals surface area contributed by atoms with Crippen LogP contribution in [0.25, 0.3) is 0 Å². The van der Waals surface area contributed by atoms with E-state index < -0.39 is 6.03 Å². The number of carbonyl (C=O) groups excluding carboxylic acids is 3. The zero-order chi connectivity index (χ0) is 16.7. The van der Waals surface area contributed by atoms with Crippen LogP contribution in [0.3, 0.4) is 0 Å². The van der Waals surface area contributed by atoms with Crippen molar-refractivity contribution >= 4 is 17.8 Å². The summed E-state index contributed by atoms with van der Waals surface area (Å²) in [6, 6.07) is -0.120. The summed E-state index contributed by atoms with van der Waals surface area (Å²) in [5.41, 5.74) is 0.